The van der Waals surface area contributed by atoms with E-state index in [0.29, 0.717) is 19.3 Å². The van der Waals surface area contributed by atoms with E-state index >= 15 is 0 Å². The van der Waals surface area contributed by atoms with Gasteiger partial charge in [-0.3, -0.25) is 18.6 Å². The van der Waals surface area contributed by atoms with E-state index in [1.165, 1.54) is 0 Å². The Morgan fingerprint density at radius 3 is 1.35 bits per heavy atom. The molecule has 0 saturated carbocycles. The first kappa shape index (κ1) is 57.9. The SMILES string of the molecule is CC/C=C\C/C=C\C/C=C\C/C=C\C/C=C\C/C=C\C/C=C\CCCC(=O)OCC(O)COP(=O)(O)OCC(NC(=O)CCCCCCC/C=C\C/C=C\C/C=C\CC)C(=O)O. The molecule has 348 valence electrons. The summed E-state index contributed by atoms with van der Waals surface area (Å²) >= 11 is 0. The standard InChI is InChI=1S/C50H78NO10P/c1-3-5-7-9-11-13-15-17-19-20-21-22-23-24-25-26-28-30-32-34-36-38-40-42-49(54)59-43-46(52)44-60-62(57,58)61-45-47(50(55)56)51-48(53)41-39-37-35-33-31-29-27-18-16-14-12-10-8-6-4-2/h5-8,11-14,17-19,21-22,24-25,27-28,30,34,36,46-47,52H,3-4,9-10,15-16,20,23,26,29,31-33,35,37-45H2,1-2H3,(H,51,53)(H,55,56)(H,57,58)/b7-5-,8-6-,13-11-,14-12-,19-17-,22-21-,25-24-,27-18-,30-28-,36-34-. The third kappa shape index (κ3) is 42.6. The minimum atomic E-state index is -4.79. The van der Waals surface area contributed by atoms with E-state index in [-0.39, 0.29) is 12.8 Å². The molecule has 0 radical (unpaired) electrons. The van der Waals surface area contributed by atoms with Crippen molar-refractivity contribution in [3.8, 4) is 0 Å². The van der Waals surface area contributed by atoms with Crippen LogP contribution in [0.1, 0.15) is 142 Å². The van der Waals surface area contributed by atoms with Gasteiger partial charge >= 0.3 is 19.8 Å². The maximum Gasteiger partial charge on any atom is 0.472 e. The van der Waals surface area contributed by atoms with Gasteiger partial charge < -0.3 is 25.2 Å². The first-order valence-electron chi connectivity index (χ1n) is 22.6. The number of aliphatic carboxylic acids is 1. The zero-order valence-electron chi connectivity index (χ0n) is 37.6. The summed E-state index contributed by atoms with van der Waals surface area (Å²) in [5.74, 6) is -2.48. The van der Waals surface area contributed by atoms with Crippen molar-refractivity contribution in [1.82, 2.24) is 5.32 Å². The van der Waals surface area contributed by atoms with Gasteiger partial charge in [-0.1, -0.05) is 155 Å². The molecule has 0 heterocycles. The van der Waals surface area contributed by atoms with Crippen LogP contribution in [0.2, 0.25) is 0 Å². The molecule has 0 aromatic heterocycles. The zero-order chi connectivity index (χ0) is 45.6. The number of aliphatic hydroxyl groups is 1. The molecule has 0 saturated heterocycles. The summed E-state index contributed by atoms with van der Waals surface area (Å²) in [4.78, 5) is 45.9. The quantitative estimate of drug-likeness (QED) is 0.0201. The van der Waals surface area contributed by atoms with E-state index in [0.717, 1.165) is 96.3 Å². The summed E-state index contributed by atoms with van der Waals surface area (Å²) in [6.45, 7) is 2.27. The van der Waals surface area contributed by atoms with Gasteiger partial charge in [-0.05, 0) is 96.3 Å². The van der Waals surface area contributed by atoms with Gasteiger partial charge in [-0.2, -0.15) is 0 Å². The molecule has 12 heteroatoms. The number of carboxylic acid groups (broad SMARTS) is 1. The van der Waals surface area contributed by atoms with Gasteiger partial charge in [-0.25, -0.2) is 9.36 Å². The lowest BCUT2D eigenvalue weighted by Gasteiger charge is -2.18. The number of ether oxygens (including phenoxy) is 1. The van der Waals surface area contributed by atoms with Crippen LogP contribution in [0, 0.1) is 0 Å². The molecule has 3 atom stereocenters. The van der Waals surface area contributed by atoms with E-state index in [1.54, 1.807) is 0 Å². The van der Waals surface area contributed by atoms with Gasteiger partial charge in [-0.15, -0.1) is 0 Å². The van der Waals surface area contributed by atoms with Crippen molar-refractivity contribution in [3.63, 3.8) is 0 Å². The average Bonchev–Trinajstić information content (AvgIpc) is 3.25. The highest BCUT2D eigenvalue weighted by Gasteiger charge is 2.28. The summed E-state index contributed by atoms with van der Waals surface area (Å²) in [7, 11) is -4.79. The highest BCUT2D eigenvalue weighted by Crippen LogP contribution is 2.43. The number of nitrogens with one attached hydrogen (secondary N) is 1. The molecule has 62 heavy (non-hydrogen) atoms. The number of phosphoric ester groups is 1. The molecular formula is C50H78NO10P. The van der Waals surface area contributed by atoms with Crippen LogP contribution in [0.4, 0.5) is 0 Å². The predicted molar refractivity (Wildman–Crippen MR) is 253 cm³/mol. The highest BCUT2D eigenvalue weighted by molar-refractivity contribution is 7.47. The summed E-state index contributed by atoms with van der Waals surface area (Å²) in [5.41, 5.74) is 0. The second-order valence-corrected chi connectivity index (χ2v) is 15.9. The minimum Gasteiger partial charge on any atom is -0.480 e. The van der Waals surface area contributed by atoms with E-state index in [9.17, 15) is 34.1 Å². The van der Waals surface area contributed by atoms with Gasteiger partial charge in [0.1, 0.15) is 12.7 Å². The lowest BCUT2D eigenvalue weighted by molar-refractivity contribution is -0.147. The highest BCUT2D eigenvalue weighted by atomic mass is 31.2. The second kappa shape index (κ2) is 43.5. The number of aliphatic hydroxyl groups excluding tert-OH is 1. The molecule has 0 rings (SSSR count). The van der Waals surface area contributed by atoms with Crippen LogP contribution in [0.25, 0.3) is 0 Å². The maximum atomic E-state index is 12.3. The number of amides is 1. The number of hydrogen-bond acceptors (Lipinski definition) is 8. The smallest absolute Gasteiger partial charge is 0.472 e. The Morgan fingerprint density at radius 2 is 0.903 bits per heavy atom. The fraction of sp³-hybridized carbons (Fsp3) is 0.540. The maximum absolute atomic E-state index is 12.3. The van der Waals surface area contributed by atoms with Crippen LogP contribution in [0.15, 0.2) is 122 Å². The Bertz CT molecular complexity index is 1500. The minimum absolute atomic E-state index is 0.115. The van der Waals surface area contributed by atoms with Gasteiger partial charge in [0, 0.05) is 12.8 Å². The fourth-order valence-electron chi connectivity index (χ4n) is 5.32. The number of unbranched alkanes of at least 4 members (excludes halogenated alkanes) is 6. The predicted octanol–water partition coefficient (Wildman–Crippen LogP) is 12.0. The van der Waals surface area contributed by atoms with Crippen LogP contribution in [0.3, 0.4) is 0 Å². The second-order valence-electron chi connectivity index (χ2n) is 14.5. The summed E-state index contributed by atoms with van der Waals surface area (Å²) < 4.78 is 26.8. The third-order valence-electron chi connectivity index (χ3n) is 8.75. The Morgan fingerprint density at radius 1 is 0.516 bits per heavy atom. The molecule has 11 nitrogen and oxygen atoms in total. The number of carboxylic acids is 1. The number of carbonyl (C=O) groups is 3. The van der Waals surface area contributed by atoms with Crippen molar-refractivity contribution in [3.05, 3.63) is 122 Å². The third-order valence-corrected chi connectivity index (χ3v) is 9.70. The summed E-state index contributed by atoms with van der Waals surface area (Å²) in [6, 6.07) is -1.57. The number of carbonyl (C=O) groups excluding carboxylic acids is 2. The van der Waals surface area contributed by atoms with Gasteiger partial charge in [0.15, 0.2) is 6.04 Å². The van der Waals surface area contributed by atoms with Crippen LogP contribution in [0.5, 0.6) is 0 Å². The van der Waals surface area contributed by atoms with Crippen LogP contribution in [-0.4, -0.2) is 64.9 Å². The average molecular weight is 884 g/mol. The Kier molecular flexibility index (Phi) is 40.6. The number of allylic oxidation sites excluding steroid dienone is 20. The molecule has 0 aliphatic carbocycles. The van der Waals surface area contributed by atoms with Crippen molar-refractivity contribution < 1.29 is 47.8 Å². The molecule has 0 aliphatic heterocycles. The molecule has 0 aliphatic rings. The largest absolute Gasteiger partial charge is 0.480 e. The van der Waals surface area contributed by atoms with Crippen molar-refractivity contribution in [2.45, 2.75) is 154 Å². The topological polar surface area (TPSA) is 169 Å². The Balaban J connectivity index is 4.02. The first-order valence-corrected chi connectivity index (χ1v) is 24.1. The van der Waals surface area contributed by atoms with Crippen molar-refractivity contribution in [1.29, 1.82) is 0 Å². The molecule has 0 bridgehead atoms. The molecule has 0 aromatic carbocycles. The Hall–Kier alpha value is -4.12. The monoisotopic (exact) mass is 884 g/mol. The molecule has 0 fully saturated rings. The zero-order valence-corrected chi connectivity index (χ0v) is 38.5. The molecule has 4 N–H and O–H groups in total. The van der Waals surface area contributed by atoms with E-state index in [2.05, 4.69) is 129 Å². The van der Waals surface area contributed by atoms with E-state index < -0.39 is 57.6 Å². The lowest BCUT2D eigenvalue weighted by Crippen LogP contribution is -2.43. The van der Waals surface area contributed by atoms with E-state index in [4.69, 9.17) is 13.8 Å². The van der Waals surface area contributed by atoms with Gasteiger partial charge in [0.25, 0.3) is 0 Å². The summed E-state index contributed by atoms with van der Waals surface area (Å²) in [6.07, 6.45) is 58.0. The number of rotatable bonds is 40. The number of hydrogen-bond donors (Lipinski definition) is 4. The van der Waals surface area contributed by atoms with E-state index in [1.807, 2.05) is 12.2 Å². The summed E-state index contributed by atoms with van der Waals surface area (Å²) in [5, 5.41) is 21.8. The normalized spacial score (nSPS) is 14.8. The van der Waals surface area contributed by atoms with Gasteiger partial charge in [0.2, 0.25) is 5.91 Å². The number of phosphoric acid groups is 1. The van der Waals surface area contributed by atoms with Crippen LogP contribution in [-0.2, 0) is 32.7 Å². The van der Waals surface area contributed by atoms with Crippen molar-refractivity contribution in [2.24, 2.45) is 0 Å². The number of esters is 1. The van der Waals surface area contributed by atoms with Crippen LogP contribution < -0.4 is 5.32 Å². The van der Waals surface area contributed by atoms with Crippen molar-refractivity contribution in [2.75, 3.05) is 19.8 Å². The van der Waals surface area contributed by atoms with Crippen LogP contribution >= 0.6 is 7.82 Å². The molecule has 3 unspecified atom stereocenters. The molecule has 0 aromatic rings. The first-order chi connectivity index (χ1) is 30.1. The lowest BCUT2D eigenvalue weighted by atomic mass is 10.1. The molecule has 0 spiro atoms. The Labute approximate surface area is 373 Å². The van der Waals surface area contributed by atoms with Crippen molar-refractivity contribution >= 4 is 25.7 Å². The molecule has 1 amide bonds. The fourth-order valence-corrected chi connectivity index (χ4v) is 6.09. The molecular weight excluding hydrogens is 806 g/mol. The van der Waals surface area contributed by atoms with Gasteiger partial charge in [0.05, 0.1) is 13.2 Å².